The molecule has 1 saturated carbocycles. The first kappa shape index (κ1) is 21.1. The maximum atomic E-state index is 12.2. The highest BCUT2D eigenvalue weighted by Gasteiger charge is 2.36. The molecule has 1 aromatic rings. The molecule has 0 aliphatic heterocycles. The Bertz CT molecular complexity index is 697. The Morgan fingerprint density at radius 2 is 2.08 bits per heavy atom. The van der Waals surface area contributed by atoms with Crippen molar-refractivity contribution < 1.29 is 13.2 Å². The summed E-state index contributed by atoms with van der Waals surface area (Å²) >= 11 is 1.27. The third kappa shape index (κ3) is 5.94. The zero-order valence-corrected chi connectivity index (χ0v) is 17.4. The lowest BCUT2D eigenvalue weighted by Gasteiger charge is -2.42. The Morgan fingerprint density at radius 3 is 2.62 bits per heavy atom. The average Bonchev–Trinajstić information content (AvgIpc) is 3.02. The van der Waals surface area contributed by atoms with E-state index in [4.69, 9.17) is 4.74 Å². The number of sulfonamides is 1. The van der Waals surface area contributed by atoms with Crippen LogP contribution in [-0.2, 0) is 14.8 Å². The summed E-state index contributed by atoms with van der Waals surface area (Å²) in [6.45, 7) is 4.29. The molecular weight excluding hydrogens is 372 g/mol. The fraction of sp³-hybridized carbons (Fsp3) is 0.706. The first-order chi connectivity index (χ1) is 12.4. The fourth-order valence-corrected chi connectivity index (χ4v) is 5.36. The van der Waals surface area contributed by atoms with Gasteiger partial charge in [-0.05, 0) is 43.7 Å². The molecule has 1 aliphatic rings. The Labute approximate surface area is 160 Å². The summed E-state index contributed by atoms with van der Waals surface area (Å²) in [5.74, 6) is 0.694. The second-order valence-corrected chi connectivity index (χ2v) is 9.99. The van der Waals surface area contributed by atoms with Crippen molar-refractivity contribution >= 4 is 27.3 Å². The van der Waals surface area contributed by atoms with Gasteiger partial charge >= 0.3 is 0 Å². The van der Waals surface area contributed by atoms with Crippen molar-refractivity contribution in [1.82, 2.24) is 15.4 Å². The van der Waals surface area contributed by atoms with Gasteiger partial charge in [-0.1, -0.05) is 6.42 Å². The van der Waals surface area contributed by atoms with E-state index in [0.717, 1.165) is 24.4 Å². The predicted octanol–water partition coefficient (Wildman–Crippen LogP) is 1.71. The number of hydrogen-bond acceptors (Lipinski definition) is 5. The van der Waals surface area contributed by atoms with Gasteiger partial charge < -0.3 is 15.4 Å². The van der Waals surface area contributed by atoms with Gasteiger partial charge in [0.25, 0.3) is 0 Å². The van der Waals surface area contributed by atoms with Crippen LogP contribution < -0.4 is 15.4 Å². The first-order valence-electron chi connectivity index (χ1n) is 8.90. The van der Waals surface area contributed by atoms with Crippen molar-refractivity contribution in [2.75, 3.05) is 40.4 Å². The fourth-order valence-electron chi connectivity index (χ4n) is 3.00. The van der Waals surface area contributed by atoms with Crippen LogP contribution >= 0.6 is 11.3 Å². The molecule has 0 aromatic carbocycles. The summed E-state index contributed by atoms with van der Waals surface area (Å²) in [4.78, 5) is 5.19. The largest absolute Gasteiger partial charge is 0.385 e. The number of nitrogens with one attached hydrogen (secondary N) is 3. The smallest absolute Gasteiger partial charge is 0.250 e. The minimum atomic E-state index is -3.43. The van der Waals surface area contributed by atoms with Crippen molar-refractivity contribution in [1.29, 1.82) is 0 Å². The number of ether oxygens (including phenoxy) is 1. The summed E-state index contributed by atoms with van der Waals surface area (Å²) in [6, 6.07) is 3.44. The number of aliphatic imine (C=N–C) groups is 1. The number of methoxy groups -OCH3 is 1. The molecule has 0 bridgehead atoms. The van der Waals surface area contributed by atoms with E-state index >= 15 is 0 Å². The lowest BCUT2D eigenvalue weighted by Crippen LogP contribution is -2.48. The molecule has 0 saturated heterocycles. The van der Waals surface area contributed by atoms with Gasteiger partial charge in [-0.25, -0.2) is 13.1 Å². The Kier molecular flexibility index (Phi) is 7.87. The maximum absolute atomic E-state index is 12.2. The van der Waals surface area contributed by atoms with Gasteiger partial charge in [0.05, 0.1) is 0 Å². The molecule has 0 unspecified atom stereocenters. The molecule has 1 aromatic heterocycles. The summed E-state index contributed by atoms with van der Waals surface area (Å²) in [5.41, 5.74) is 0.298. The topological polar surface area (TPSA) is 91.8 Å². The van der Waals surface area contributed by atoms with Gasteiger partial charge in [0.2, 0.25) is 10.0 Å². The second-order valence-electron chi connectivity index (χ2n) is 6.71. The SMILES string of the molecule is CN=C(NCCNS(=O)(=O)c1ccc(C)s1)NCC1(CCOC)CCC1. The van der Waals surface area contributed by atoms with Gasteiger partial charge in [0, 0.05) is 45.3 Å². The zero-order chi connectivity index (χ0) is 19.0. The minimum absolute atomic E-state index is 0.298. The normalized spacial score (nSPS) is 17.0. The first-order valence-corrected chi connectivity index (χ1v) is 11.2. The Morgan fingerprint density at radius 1 is 1.31 bits per heavy atom. The zero-order valence-electron chi connectivity index (χ0n) is 15.8. The van der Waals surface area contributed by atoms with Crippen LogP contribution in [0.15, 0.2) is 21.3 Å². The van der Waals surface area contributed by atoms with E-state index in [1.54, 1.807) is 20.2 Å². The van der Waals surface area contributed by atoms with E-state index in [-0.39, 0.29) is 0 Å². The highest BCUT2D eigenvalue weighted by Crippen LogP contribution is 2.43. The molecule has 2 rings (SSSR count). The molecule has 0 radical (unpaired) electrons. The molecule has 0 atom stereocenters. The van der Waals surface area contributed by atoms with E-state index in [9.17, 15) is 8.42 Å². The molecular formula is C17H30N4O3S2. The van der Waals surface area contributed by atoms with Crippen molar-refractivity contribution in [3.63, 3.8) is 0 Å². The Hall–Kier alpha value is -1.16. The second kappa shape index (κ2) is 9.68. The van der Waals surface area contributed by atoms with Crippen LogP contribution in [0.25, 0.3) is 0 Å². The van der Waals surface area contributed by atoms with Crippen LogP contribution in [0.3, 0.4) is 0 Å². The molecule has 1 aliphatic carbocycles. The van der Waals surface area contributed by atoms with Crippen LogP contribution in [0.5, 0.6) is 0 Å². The molecule has 0 amide bonds. The summed E-state index contributed by atoms with van der Waals surface area (Å²) in [6.07, 6.45) is 4.73. The van der Waals surface area contributed by atoms with Crippen molar-refractivity contribution in [2.45, 2.75) is 36.8 Å². The average molecular weight is 403 g/mol. The Balaban J connectivity index is 1.72. The molecule has 1 heterocycles. The number of aryl methyl sites for hydroxylation is 1. The van der Waals surface area contributed by atoms with E-state index in [1.807, 2.05) is 13.0 Å². The third-order valence-corrected chi connectivity index (χ3v) is 7.75. The van der Waals surface area contributed by atoms with Gasteiger partial charge in [0.15, 0.2) is 5.96 Å². The van der Waals surface area contributed by atoms with Crippen molar-refractivity contribution in [3.8, 4) is 0 Å². The molecule has 0 spiro atoms. The van der Waals surface area contributed by atoms with Crippen molar-refractivity contribution in [3.05, 3.63) is 17.0 Å². The molecule has 3 N–H and O–H groups in total. The molecule has 26 heavy (non-hydrogen) atoms. The highest BCUT2D eigenvalue weighted by molar-refractivity contribution is 7.91. The number of hydrogen-bond donors (Lipinski definition) is 3. The van der Waals surface area contributed by atoms with E-state index < -0.39 is 10.0 Å². The van der Waals surface area contributed by atoms with E-state index in [0.29, 0.717) is 28.7 Å². The molecule has 1 fully saturated rings. The van der Waals surface area contributed by atoms with Crippen LogP contribution in [0.1, 0.15) is 30.6 Å². The van der Waals surface area contributed by atoms with Crippen LogP contribution in [0, 0.1) is 12.3 Å². The van der Waals surface area contributed by atoms with Gasteiger partial charge in [-0.2, -0.15) is 0 Å². The predicted molar refractivity (Wildman–Crippen MR) is 106 cm³/mol. The molecule has 9 heteroatoms. The van der Waals surface area contributed by atoms with Gasteiger partial charge in [-0.3, -0.25) is 4.99 Å². The third-order valence-electron chi connectivity index (χ3n) is 4.80. The van der Waals surface area contributed by atoms with Crippen LogP contribution in [0.4, 0.5) is 0 Å². The summed E-state index contributed by atoms with van der Waals surface area (Å²) in [5, 5.41) is 6.52. The van der Waals surface area contributed by atoms with Crippen LogP contribution in [-0.4, -0.2) is 54.8 Å². The monoisotopic (exact) mass is 402 g/mol. The van der Waals surface area contributed by atoms with Crippen LogP contribution in [0.2, 0.25) is 0 Å². The summed E-state index contributed by atoms with van der Waals surface area (Å²) in [7, 11) is 0.0233. The van der Waals surface area contributed by atoms with Crippen molar-refractivity contribution in [2.24, 2.45) is 10.4 Å². The van der Waals surface area contributed by atoms with Gasteiger partial charge in [0.1, 0.15) is 4.21 Å². The van der Waals surface area contributed by atoms with E-state index in [2.05, 4.69) is 20.3 Å². The standard InChI is InChI=1S/C17H30N4O3S2/c1-14-5-6-15(25-14)26(22,23)21-11-10-19-16(18-2)20-13-17(7-4-8-17)9-12-24-3/h5-6,21H,4,7-13H2,1-3H3,(H2,18,19,20). The lowest BCUT2D eigenvalue weighted by atomic mass is 9.67. The minimum Gasteiger partial charge on any atom is -0.385 e. The van der Waals surface area contributed by atoms with E-state index in [1.165, 1.54) is 30.6 Å². The van der Waals surface area contributed by atoms with Gasteiger partial charge in [-0.15, -0.1) is 11.3 Å². The molecule has 148 valence electrons. The number of rotatable bonds is 10. The molecule has 7 nitrogen and oxygen atoms in total. The lowest BCUT2D eigenvalue weighted by molar-refractivity contribution is 0.0732. The number of nitrogens with zero attached hydrogens (tertiary/aromatic N) is 1. The summed E-state index contributed by atoms with van der Waals surface area (Å²) < 4.78 is 32.5. The quantitative estimate of drug-likeness (QED) is 0.315. The maximum Gasteiger partial charge on any atom is 0.250 e. The highest BCUT2D eigenvalue weighted by atomic mass is 32.2. The number of guanidine groups is 1. The number of thiophene rings is 1.